The van der Waals surface area contributed by atoms with Gasteiger partial charge in [0.1, 0.15) is 11.8 Å². The maximum absolute atomic E-state index is 12.7. The first-order chi connectivity index (χ1) is 13.7. The van der Waals surface area contributed by atoms with E-state index < -0.39 is 22.0 Å². The number of hydrogen-bond acceptors (Lipinski definition) is 6. The molecule has 1 atom stereocenters. The minimum Gasteiger partial charge on any atom is -0.495 e. The third-order valence-corrected chi connectivity index (χ3v) is 5.92. The average molecular weight is 441 g/mol. The molecule has 0 saturated heterocycles. The smallest absolute Gasteiger partial charge is 0.243 e. The zero-order chi connectivity index (χ0) is 21.2. The minimum atomic E-state index is -3.75. The van der Waals surface area contributed by atoms with E-state index in [0.29, 0.717) is 17.2 Å². The van der Waals surface area contributed by atoms with Crippen molar-refractivity contribution in [2.45, 2.75) is 19.5 Å². The molecule has 2 aromatic rings. The van der Waals surface area contributed by atoms with Crippen LogP contribution in [0.25, 0.3) is 0 Å². The second-order valence-electron chi connectivity index (χ2n) is 6.46. The first-order valence-electron chi connectivity index (χ1n) is 8.70. The largest absolute Gasteiger partial charge is 0.495 e. The first-order valence-corrected chi connectivity index (χ1v) is 10.9. The molecule has 0 spiro atoms. The van der Waals surface area contributed by atoms with E-state index in [1.807, 2.05) is 0 Å². The highest BCUT2D eigenvalue weighted by Gasteiger charge is 2.29. The zero-order valence-corrected chi connectivity index (χ0v) is 17.7. The van der Waals surface area contributed by atoms with E-state index in [9.17, 15) is 13.2 Å². The summed E-state index contributed by atoms with van der Waals surface area (Å²) >= 11 is 6.13. The van der Waals surface area contributed by atoms with Crippen LogP contribution in [0.3, 0.4) is 0 Å². The Balaban J connectivity index is 1.76. The molecule has 2 aromatic carbocycles. The maximum Gasteiger partial charge on any atom is 0.243 e. The molecule has 0 aliphatic carbocycles. The molecule has 0 aromatic heterocycles. The number of nitrogens with one attached hydrogen (secondary N) is 1. The van der Waals surface area contributed by atoms with Crippen molar-refractivity contribution in [2.75, 3.05) is 24.5 Å². The predicted octanol–water partition coefficient (Wildman–Crippen LogP) is 2.55. The molecule has 1 aliphatic rings. The molecule has 0 radical (unpaired) electrons. The number of benzene rings is 2. The van der Waals surface area contributed by atoms with Crippen molar-refractivity contribution in [3.63, 3.8) is 0 Å². The molecule has 0 bridgehead atoms. The number of halogens is 1. The predicted molar refractivity (Wildman–Crippen MR) is 109 cm³/mol. The van der Waals surface area contributed by atoms with Crippen LogP contribution in [0.4, 0.5) is 5.69 Å². The van der Waals surface area contributed by atoms with Crippen molar-refractivity contribution >= 4 is 33.2 Å². The standard InChI is InChI=1S/C19H21ClN2O6S/c1-12(19(23)21-10-13-4-6-17-18(8-13)28-11-27-17)22(29(3,24)25)14-5-7-16(26-2)15(20)9-14/h4-9,12H,10-11H2,1-3H3,(H,21,23). The summed E-state index contributed by atoms with van der Waals surface area (Å²) in [7, 11) is -2.29. The SMILES string of the molecule is COc1ccc(N(C(C)C(=O)NCc2ccc3c(c2)OCO3)S(C)(=O)=O)cc1Cl. The maximum atomic E-state index is 12.7. The minimum absolute atomic E-state index is 0.163. The van der Waals surface area contributed by atoms with Crippen LogP contribution in [-0.2, 0) is 21.4 Å². The number of methoxy groups -OCH3 is 1. The average Bonchev–Trinajstić information content (AvgIpc) is 3.13. The Morgan fingerprint density at radius 1 is 1.24 bits per heavy atom. The van der Waals surface area contributed by atoms with Gasteiger partial charge in [-0.2, -0.15) is 0 Å². The molecule has 3 rings (SSSR count). The number of sulfonamides is 1. The first kappa shape index (κ1) is 21.1. The lowest BCUT2D eigenvalue weighted by Crippen LogP contribution is -2.47. The van der Waals surface area contributed by atoms with E-state index in [2.05, 4.69) is 5.32 Å². The van der Waals surface area contributed by atoms with Crippen LogP contribution < -0.4 is 23.8 Å². The molecule has 1 unspecified atom stereocenters. The van der Waals surface area contributed by atoms with Gasteiger partial charge >= 0.3 is 0 Å². The van der Waals surface area contributed by atoms with Gasteiger partial charge in [-0.1, -0.05) is 17.7 Å². The lowest BCUT2D eigenvalue weighted by atomic mass is 10.2. The van der Waals surface area contributed by atoms with Crippen molar-refractivity contribution in [2.24, 2.45) is 0 Å². The highest BCUT2D eigenvalue weighted by molar-refractivity contribution is 7.92. The van der Waals surface area contributed by atoms with Crippen LogP contribution >= 0.6 is 11.6 Å². The number of ether oxygens (including phenoxy) is 3. The molecule has 1 N–H and O–H groups in total. The second-order valence-corrected chi connectivity index (χ2v) is 8.73. The summed E-state index contributed by atoms with van der Waals surface area (Å²) in [4.78, 5) is 12.7. The highest BCUT2D eigenvalue weighted by atomic mass is 35.5. The second kappa shape index (κ2) is 8.38. The van der Waals surface area contributed by atoms with Crippen LogP contribution in [0.15, 0.2) is 36.4 Å². The van der Waals surface area contributed by atoms with Gasteiger partial charge in [0.2, 0.25) is 22.7 Å². The molecule has 1 amide bonds. The van der Waals surface area contributed by atoms with Crippen molar-refractivity contribution in [3.05, 3.63) is 47.0 Å². The Hall–Kier alpha value is -2.65. The van der Waals surface area contributed by atoms with E-state index in [0.717, 1.165) is 16.1 Å². The van der Waals surface area contributed by atoms with E-state index in [1.54, 1.807) is 24.3 Å². The molecular weight excluding hydrogens is 420 g/mol. The van der Waals surface area contributed by atoms with Crippen molar-refractivity contribution < 1.29 is 27.4 Å². The van der Waals surface area contributed by atoms with Gasteiger partial charge in [0, 0.05) is 6.54 Å². The summed E-state index contributed by atoms with van der Waals surface area (Å²) in [5, 5.41) is 2.99. The van der Waals surface area contributed by atoms with Crippen molar-refractivity contribution in [1.29, 1.82) is 0 Å². The fourth-order valence-corrected chi connectivity index (χ4v) is 4.41. The number of carbonyl (C=O) groups is 1. The Kier molecular flexibility index (Phi) is 6.09. The summed E-state index contributed by atoms with van der Waals surface area (Å²) < 4.78 is 41.5. The number of rotatable bonds is 7. The van der Waals surface area contributed by atoms with Gasteiger partial charge in [0.05, 0.1) is 24.1 Å². The summed E-state index contributed by atoms with van der Waals surface area (Å²) in [5.41, 5.74) is 1.07. The van der Waals surface area contributed by atoms with Crippen LogP contribution in [-0.4, -0.2) is 40.5 Å². The molecular formula is C19H21ClN2O6S. The molecule has 1 aliphatic heterocycles. The van der Waals surface area contributed by atoms with E-state index in [4.69, 9.17) is 25.8 Å². The van der Waals surface area contributed by atoms with Gasteiger partial charge in [-0.05, 0) is 42.8 Å². The third-order valence-electron chi connectivity index (χ3n) is 4.38. The van der Waals surface area contributed by atoms with Crippen LogP contribution in [0.1, 0.15) is 12.5 Å². The highest BCUT2D eigenvalue weighted by Crippen LogP contribution is 2.33. The van der Waals surface area contributed by atoms with Gasteiger partial charge in [0.25, 0.3) is 0 Å². The summed E-state index contributed by atoms with van der Waals surface area (Å²) in [6, 6.07) is 8.86. The number of amides is 1. The number of hydrogen-bond donors (Lipinski definition) is 1. The van der Waals surface area contributed by atoms with Crippen LogP contribution in [0, 0.1) is 0 Å². The Labute approximate surface area is 174 Å². The quantitative estimate of drug-likeness (QED) is 0.711. The van der Waals surface area contributed by atoms with Crippen LogP contribution in [0.2, 0.25) is 5.02 Å². The van der Waals surface area contributed by atoms with Gasteiger partial charge in [-0.25, -0.2) is 8.42 Å². The molecule has 8 nitrogen and oxygen atoms in total. The Bertz CT molecular complexity index is 1030. The Morgan fingerprint density at radius 2 is 1.97 bits per heavy atom. The molecule has 0 fully saturated rings. The topological polar surface area (TPSA) is 94.2 Å². The van der Waals surface area contributed by atoms with Crippen LogP contribution in [0.5, 0.6) is 17.2 Å². The monoisotopic (exact) mass is 440 g/mol. The zero-order valence-electron chi connectivity index (χ0n) is 16.1. The van der Waals surface area contributed by atoms with Gasteiger partial charge in [0.15, 0.2) is 11.5 Å². The van der Waals surface area contributed by atoms with Gasteiger partial charge in [-0.15, -0.1) is 0 Å². The van der Waals surface area contributed by atoms with E-state index >= 15 is 0 Å². The van der Waals surface area contributed by atoms with E-state index in [-0.39, 0.29) is 24.0 Å². The molecule has 156 valence electrons. The molecule has 0 saturated carbocycles. The lowest BCUT2D eigenvalue weighted by molar-refractivity contribution is -0.122. The number of anilines is 1. The lowest BCUT2D eigenvalue weighted by Gasteiger charge is -2.28. The molecule has 29 heavy (non-hydrogen) atoms. The summed E-state index contributed by atoms with van der Waals surface area (Å²) in [6.45, 7) is 1.88. The fourth-order valence-electron chi connectivity index (χ4n) is 2.99. The Morgan fingerprint density at radius 3 is 2.62 bits per heavy atom. The normalized spacial score (nSPS) is 13.7. The van der Waals surface area contributed by atoms with Crippen molar-refractivity contribution in [3.8, 4) is 17.2 Å². The molecule has 10 heteroatoms. The third kappa shape index (κ3) is 4.68. The number of fused-ring (bicyclic) bond motifs is 1. The number of nitrogens with zero attached hydrogens (tertiary/aromatic N) is 1. The fraction of sp³-hybridized carbons (Fsp3) is 0.316. The summed E-state index contributed by atoms with van der Waals surface area (Å²) in [6.07, 6.45) is 1.03. The van der Waals surface area contributed by atoms with Crippen molar-refractivity contribution in [1.82, 2.24) is 5.32 Å². The van der Waals surface area contributed by atoms with E-state index in [1.165, 1.54) is 26.2 Å². The summed E-state index contributed by atoms with van der Waals surface area (Å²) in [5.74, 6) is 1.20. The van der Waals surface area contributed by atoms with Gasteiger partial charge < -0.3 is 19.5 Å². The van der Waals surface area contributed by atoms with Gasteiger partial charge in [-0.3, -0.25) is 9.10 Å². The molecule has 1 heterocycles. The number of carbonyl (C=O) groups excluding carboxylic acids is 1.